The van der Waals surface area contributed by atoms with E-state index in [1.807, 2.05) is 18.2 Å². The van der Waals surface area contributed by atoms with Gasteiger partial charge in [0.25, 0.3) is 0 Å². The Morgan fingerprint density at radius 2 is 2.28 bits per heavy atom. The summed E-state index contributed by atoms with van der Waals surface area (Å²) < 4.78 is 11.3. The number of methoxy groups -OCH3 is 1. The molecular formula is C13H14BrNO3. The van der Waals surface area contributed by atoms with Crippen LogP contribution in [0.3, 0.4) is 0 Å². The molecule has 5 heteroatoms. The van der Waals surface area contributed by atoms with Gasteiger partial charge >= 0.3 is 0 Å². The van der Waals surface area contributed by atoms with Crippen LogP contribution in [0.4, 0.5) is 5.69 Å². The summed E-state index contributed by atoms with van der Waals surface area (Å²) in [5, 5.41) is 13.0. The molecule has 0 amide bonds. The number of ether oxygens (including phenoxy) is 1. The first-order valence-electron chi connectivity index (χ1n) is 5.49. The van der Waals surface area contributed by atoms with Crippen molar-refractivity contribution in [2.45, 2.75) is 6.10 Å². The molecule has 0 radical (unpaired) electrons. The van der Waals surface area contributed by atoms with Crippen molar-refractivity contribution in [1.82, 2.24) is 0 Å². The normalized spacial score (nSPS) is 12.2. The standard InChI is InChI=1S/C13H14BrNO3/c1-17-12-5-4-9(14)7-10(12)15-8-11(16)13-3-2-6-18-13/h2-7,11,15-16H,8H2,1H3. The van der Waals surface area contributed by atoms with E-state index in [9.17, 15) is 5.11 Å². The van der Waals surface area contributed by atoms with Crippen LogP contribution in [0.1, 0.15) is 11.9 Å². The first-order chi connectivity index (χ1) is 8.70. The Morgan fingerprint density at radius 3 is 2.94 bits per heavy atom. The van der Waals surface area contributed by atoms with Crippen LogP contribution in [0.15, 0.2) is 45.5 Å². The summed E-state index contributed by atoms with van der Waals surface area (Å²) in [6.45, 7) is 0.348. The molecule has 0 aliphatic heterocycles. The molecule has 1 atom stereocenters. The first-order valence-corrected chi connectivity index (χ1v) is 6.29. The van der Waals surface area contributed by atoms with Gasteiger partial charge in [-0.1, -0.05) is 15.9 Å². The average Bonchev–Trinajstić information content (AvgIpc) is 2.90. The van der Waals surface area contributed by atoms with E-state index in [2.05, 4.69) is 21.2 Å². The van der Waals surface area contributed by atoms with E-state index >= 15 is 0 Å². The fourth-order valence-electron chi connectivity index (χ4n) is 1.61. The monoisotopic (exact) mass is 311 g/mol. The molecule has 1 heterocycles. The van der Waals surface area contributed by atoms with Crippen molar-refractivity contribution >= 4 is 21.6 Å². The van der Waals surface area contributed by atoms with Gasteiger partial charge in [0.2, 0.25) is 0 Å². The van der Waals surface area contributed by atoms with E-state index in [0.717, 1.165) is 15.9 Å². The summed E-state index contributed by atoms with van der Waals surface area (Å²) in [5.74, 6) is 1.27. The number of nitrogens with one attached hydrogen (secondary N) is 1. The maximum absolute atomic E-state index is 9.89. The van der Waals surface area contributed by atoms with Crippen molar-refractivity contribution in [3.8, 4) is 5.75 Å². The largest absolute Gasteiger partial charge is 0.495 e. The fourth-order valence-corrected chi connectivity index (χ4v) is 1.97. The van der Waals surface area contributed by atoms with E-state index < -0.39 is 6.10 Å². The third-order valence-electron chi connectivity index (χ3n) is 2.52. The van der Waals surface area contributed by atoms with Crippen LogP contribution in [0.5, 0.6) is 5.75 Å². The highest BCUT2D eigenvalue weighted by atomic mass is 79.9. The second-order valence-electron chi connectivity index (χ2n) is 3.76. The third-order valence-corrected chi connectivity index (χ3v) is 3.01. The lowest BCUT2D eigenvalue weighted by atomic mass is 10.2. The first kappa shape index (κ1) is 13.0. The molecule has 1 unspecified atom stereocenters. The zero-order valence-corrected chi connectivity index (χ0v) is 11.5. The Bertz CT molecular complexity index is 499. The molecule has 2 rings (SSSR count). The van der Waals surface area contributed by atoms with Crippen LogP contribution < -0.4 is 10.1 Å². The van der Waals surface area contributed by atoms with E-state index in [-0.39, 0.29) is 0 Å². The quantitative estimate of drug-likeness (QED) is 0.890. The number of rotatable bonds is 5. The Morgan fingerprint density at radius 1 is 1.44 bits per heavy atom. The minimum absolute atomic E-state index is 0.348. The molecule has 0 bridgehead atoms. The van der Waals surface area contributed by atoms with Crippen molar-refractivity contribution in [1.29, 1.82) is 0 Å². The maximum atomic E-state index is 9.89. The van der Waals surface area contributed by atoms with Crippen molar-refractivity contribution < 1.29 is 14.3 Å². The van der Waals surface area contributed by atoms with E-state index in [4.69, 9.17) is 9.15 Å². The van der Waals surface area contributed by atoms with Crippen LogP contribution in [0.25, 0.3) is 0 Å². The number of hydrogen-bond acceptors (Lipinski definition) is 4. The highest BCUT2D eigenvalue weighted by Crippen LogP contribution is 2.28. The van der Waals surface area contributed by atoms with Gasteiger partial charge in [0.15, 0.2) is 0 Å². The SMILES string of the molecule is COc1ccc(Br)cc1NCC(O)c1ccco1. The van der Waals surface area contributed by atoms with E-state index in [1.54, 1.807) is 19.2 Å². The molecule has 2 aromatic rings. The number of benzene rings is 1. The molecular weight excluding hydrogens is 298 g/mol. The van der Waals surface area contributed by atoms with Gasteiger partial charge in [-0.15, -0.1) is 0 Å². The van der Waals surface area contributed by atoms with Crippen LogP contribution in [0.2, 0.25) is 0 Å². The van der Waals surface area contributed by atoms with Crippen LogP contribution in [-0.2, 0) is 0 Å². The molecule has 0 saturated carbocycles. The molecule has 2 N–H and O–H groups in total. The highest BCUT2D eigenvalue weighted by molar-refractivity contribution is 9.10. The summed E-state index contributed by atoms with van der Waals surface area (Å²) in [7, 11) is 1.61. The Hall–Kier alpha value is -1.46. The zero-order chi connectivity index (χ0) is 13.0. The smallest absolute Gasteiger partial charge is 0.142 e. The number of aliphatic hydroxyl groups is 1. The number of aliphatic hydroxyl groups excluding tert-OH is 1. The van der Waals surface area contributed by atoms with Crippen molar-refractivity contribution in [3.63, 3.8) is 0 Å². The molecule has 4 nitrogen and oxygen atoms in total. The van der Waals surface area contributed by atoms with Gasteiger partial charge in [0.1, 0.15) is 17.6 Å². The van der Waals surface area contributed by atoms with Gasteiger partial charge < -0.3 is 19.6 Å². The number of halogens is 1. The molecule has 0 fully saturated rings. The van der Waals surface area contributed by atoms with Crippen LogP contribution in [-0.4, -0.2) is 18.8 Å². The molecule has 0 saturated heterocycles. The second kappa shape index (κ2) is 5.93. The maximum Gasteiger partial charge on any atom is 0.142 e. The Balaban J connectivity index is 2.03. The highest BCUT2D eigenvalue weighted by Gasteiger charge is 2.11. The van der Waals surface area contributed by atoms with Gasteiger partial charge in [-0.2, -0.15) is 0 Å². The van der Waals surface area contributed by atoms with Gasteiger partial charge in [0, 0.05) is 11.0 Å². The summed E-state index contributed by atoms with van der Waals surface area (Å²) in [6.07, 6.45) is 0.849. The molecule has 1 aromatic carbocycles. The fraction of sp³-hybridized carbons (Fsp3) is 0.231. The lowest BCUT2D eigenvalue weighted by Crippen LogP contribution is -2.12. The number of hydrogen-bond donors (Lipinski definition) is 2. The number of furan rings is 1. The molecule has 0 spiro atoms. The van der Waals surface area contributed by atoms with Crippen LogP contribution in [0, 0.1) is 0 Å². The van der Waals surface area contributed by atoms with Crippen LogP contribution >= 0.6 is 15.9 Å². The summed E-state index contributed by atoms with van der Waals surface area (Å²) in [6, 6.07) is 9.13. The minimum atomic E-state index is -0.691. The summed E-state index contributed by atoms with van der Waals surface area (Å²) in [5.41, 5.74) is 0.817. The second-order valence-corrected chi connectivity index (χ2v) is 4.67. The van der Waals surface area contributed by atoms with E-state index in [1.165, 1.54) is 6.26 Å². The predicted octanol–water partition coefficient (Wildman–Crippen LogP) is 3.20. The summed E-state index contributed by atoms with van der Waals surface area (Å²) in [4.78, 5) is 0. The van der Waals surface area contributed by atoms with Crippen molar-refractivity contribution in [3.05, 3.63) is 46.8 Å². The zero-order valence-electron chi connectivity index (χ0n) is 9.89. The lowest BCUT2D eigenvalue weighted by Gasteiger charge is -2.14. The van der Waals surface area contributed by atoms with E-state index in [0.29, 0.717) is 12.3 Å². The van der Waals surface area contributed by atoms with Gasteiger partial charge in [-0.3, -0.25) is 0 Å². The van der Waals surface area contributed by atoms with Gasteiger partial charge in [0.05, 0.1) is 19.1 Å². The molecule has 1 aromatic heterocycles. The minimum Gasteiger partial charge on any atom is -0.495 e. The average molecular weight is 312 g/mol. The lowest BCUT2D eigenvalue weighted by molar-refractivity contribution is 0.162. The van der Waals surface area contributed by atoms with Gasteiger partial charge in [-0.25, -0.2) is 0 Å². The molecule has 0 aliphatic rings. The van der Waals surface area contributed by atoms with Crippen molar-refractivity contribution in [2.24, 2.45) is 0 Å². The molecule has 18 heavy (non-hydrogen) atoms. The summed E-state index contributed by atoms with van der Waals surface area (Å²) >= 11 is 3.39. The van der Waals surface area contributed by atoms with Crippen molar-refractivity contribution in [2.75, 3.05) is 19.0 Å². The Kier molecular flexibility index (Phi) is 4.28. The van der Waals surface area contributed by atoms with Gasteiger partial charge in [-0.05, 0) is 30.3 Å². The third kappa shape index (κ3) is 3.05. The molecule has 0 aliphatic carbocycles. The topological polar surface area (TPSA) is 54.6 Å². The molecule has 96 valence electrons. The number of anilines is 1. The Labute approximate surface area is 114 Å². The predicted molar refractivity (Wildman–Crippen MR) is 72.9 cm³/mol.